The largest absolute Gasteiger partial charge is 0.440 e. The van der Waals surface area contributed by atoms with Crippen molar-refractivity contribution in [2.75, 3.05) is 6.54 Å². The third kappa shape index (κ3) is 3.87. The van der Waals surface area contributed by atoms with Crippen molar-refractivity contribution in [1.82, 2.24) is 20.1 Å². The van der Waals surface area contributed by atoms with Gasteiger partial charge in [-0.25, -0.2) is 9.37 Å². The number of nitrogens with zero attached hydrogens (tertiary/aromatic N) is 3. The Morgan fingerprint density at radius 3 is 2.89 bits per heavy atom. The molecule has 27 heavy (non-hydrogen) atoms. The lowest BCUT2D eigenvalue weighted by molar-refractivity contribution is 0.0952. The highest BCUT2D eigenvalue weighted by molar-refractivity contribution is 5.97. The number of oxazole rings is 1. The second-order valence-corrected chi connectivity index (χ2v) is 6.08. The molecule has 2 heterocycles. The summed E-state index contributed by atoms with van der Waals surface area (Å²) in [5.41, 5.74) is 2.13. The molecule has 0 bridgehead atoms. The van der Waals surface area contributed by atoms with Gasteiger partial charge in [0, 0.05) is 24.5 Å². The second-order valence-electron chi connectivity index (χ2n) is 6.08. The van der Waals surface area contributed by atoms with E-state index >= 15 is 0 Å². The Morgan fingerprint density at radius 2 is 2.07 bits per heavy atom. The summed E-state index contributed by atoms with van der Waals surface area (Å²) in [5, 5.41) is 6.93. The Hall–Kier alpha value is -3.48. The predicted molar refractivity (Wildman–Crippen MR) is 97.8 cm³/mol. The number of aromatic nitrogens is 3. The monoisotopic (exact) mass is 364 g/mol. The predicted octanol–water partition coefficient (Wildman–Crippen LogP) is 3.18. The first-order chi connectivity index (χ1) is 13.2. The molecule has 0 unspecified atom stereocenters. The molecule has 136 valence electrons. The summed E-state index contributed by atoms with van der Waals surface area (Å²) in [4.78, 5) is 16.7. The van der Waals surface area contributed by atoms with Crippen LogP contribution in [0.1, 0.15) is 21.8 Å². The zero-order chi connectivity index (χ0) is 18.6. The number of fused-ring (bicyclic) bond motifs is 1. The van der Waals surface area contributed by atoms with Crippen molar-refractivity contribution in [2.24, 2.45) is 0 Å². The zero-order valence-electron chi connectivity index (χ0n) is 14.4. The van der Waals surface area contributed by atoms with E-state index < -0.39 is 0 Å². The van der Waals surface area contributed by atoms with Gasteiger partial charge in [-0.05, 0) is 35.9 Å². The van der Waals surface area contributed by atoms with Crippen LogP contribution in [0.2, 0.25) is 0 Å². The van der Waals surface area contributed by atoms with Gasteiger partial charge >= 0.3 is 0 Å². The van der Waals surface area contributed by atoms with Crippen LogP contribution in [-0.4, -0.2) is 27.2 Å². The molecule has 0 saturated carbocycles. The Kier molecular flexibility index (Phi) is 4.65. The molecular formula is C20H17FN4O2. The molecule has 0 aliphatic rings. The molecule has 1 N–H and O–H groups in total. The average Bonchev–Trinajstić information content (AvgIpc) is 3.32. The van der Waals surface area contributed by atoms with Crippen LogP contribution < -0.4 is 5.32 Å². The highest BCUT2D eigenvalue weighted by Gasteiger charge is 2.12. The van der Waals surface area contributed by atoms with Gasteiger partial charge in [0.1, 0.15) is 11.3 Å². The summed E-state index contributed by atoms with van der Waals surface area (Å²) < 4.78 is 21.2. The number of hydrogen-bond acceptors (Lipinski definition) is 4. The fraction of sp³-hybridized carbons (Fsp3) is 0.150. The highest BCUT2D eigenvalue weighted by atomic mass is 19.1. The minimum absolute atomic E-state index is 0.198. The van der Waals surface area contributed by atoms with Crippen molar-refractivity contribution in [1.29, 1.82) is 0 Å². The Morgan fingerprint density at radius 1 is 1.19 bits per heavy atom. The SMILES string of the molecule is O=C(NCCn1cccn1)c1ccc2nc(Cc3ccccc3F)oc2c1. The van der Waals surface area contributed by atoms with Crippen LogP contribution in [0.5, 0.6) is 0 Å². The number of carbonyl (C=O) groups excluding carboxylic acids is 1. The van der Waals surface area contributed by atoms with Crippen LogP contribution in [0.3, 0.4) is 0 Å². The normalized spacial score (nSPS) is 11.0. The van der Waals surface area contributed by atoms with E-state index in [2.05, 4.69) is 15.4 Å². The average molecular weight is 364 g/mol. The van der Waals surface area contributed by atoms with Crippen molar-refractivity contribution >= 4 is 17.0 Å². The van der Waals surface area contributed by atoms with Crippen molar-refractivity contribution in [3.05, 3.63) is 83.8 Å². The maximum Gasteiger partial charge on any atom is 0.251 e. The molecule has 2 aromatic heterocycles. The zero-order valence-corrected chi connectivity index (χ0v) is 14.4. The number of halogens is 1. The lowest BCUT2D eigenvalue weighted by atomic mass is 10.1. The Balaban J connectivity index is 1.45. The molecule has 4 rings (SSSR count). The van der Waals surface area contributed by atoms with Crippen molar-refractivity contribution in [2.45, 2.75) is 13.0 Å². The summed E-state index contributed by atoms with van der Waals surface area (Å²) >= 11 is 0. The van der Waals surface area contributed by atoms with E-state index in [1.165, 1.54) is 6.07 Å². The minimum Gasteiger partial charge on any atom is -0.440 e. The van der Waals surface area contributed by atoms with Gasteiger partial charge in [0.25, 0.3) is 5.91 Å². The summed E-state index contributed by atoms with van der Waals surface area (Å²) in [5.74, 6) is -0.0838. The van der Waals surface area contributed by atoms with Crippen LogP contribution >= 0.6 is 0 Å². The first-order valence-electron chi connectivity index (χ1n) is 8.57. The highest BCUT2D eigenvalue weighted by Crippen LogP contribution is 2.20. The molecule has 0 fully saturated rings. The maximum atomic E-state index is 13.8. The fourth-order valence-electron chi connectivity index (χ4n) is 2.81. The molecule has 0 aliphatic heterocycles. The topological polar surface area (TPSA) is 73.0 Å². The number of amides is 1. The van der Waals surface area contributed by atoms with E-state index in [1.807, 2.05) is 12.3 Å². The third-order valence-corrected chi connectivity index (χ3v) is 4.18. The number of benzene rings is 2. The van der Waals surface area contributed by atoms with E-state index in [0.717, 1.165) is 0 Å². The smallest absolute Gasteiger partial charge is 0.251 e. The molecule has 7 heteroatoms. The molecule has 0 aliphatic carbocycles. The van der Waals surface area contributed by atoms with Gasteiger partial charge < -0.3 is 9.73 Å². The van der Waals surface area contributed by atoms with Crippen LogP contribution in [0, 0.1) is 5.82 Å². The van der Waals surface area contributed by atoms with Crippen LogP contribution in [0.4, 0.5) is 4.39 Å². The van der Waals surface area contributed by atoms with Crippen molar-refractivity contribution in [3.63, 3.8) is 0 Å². The molecule has 0 spiro atoms. The van der Waals surface area contributed by atoms with Gasteiger partial charge in [0.15, 0.2) is 11.5 Å². The first-order valence-corrected chi connectivity index (χ1v) is 8.57. The van der Waals surface area contributed by atoms with E-state index in [4.69, 9.17) is 4.42 Å². The molecular weight excluding hydrogens is 347 g/mol. The minimum atomic E-state index is -0.294. The summed E-state index contributed by atoms with van der Waals surface area (Å²) in [6.45, 7) is 1.06. The van der Waals surface area contributed by atoms with Gasteiger partial charge in [0.2, 0.25) is 0 Å². The molecule has 1 amide bonds. The van der Waals surface area contributed by atoms with Crippen LogP contribution in [0.15, 0.2) is 65.3 Å². The van der Waals surface area contributed by atoms with Gasteiger partial charge in [-0.2, -0.15) is 5.10 Å². The van der Waals surface area contributed by atoms with Crippen molar-refractivity contribution in [3.8, 4) is 0 Å². The van der Waals surface area contributed by atoms with E-state index in [1.54, 1.807) is 47.3 Å². The van der Waals surface area contributed by atoms with Gasteiger partial charge in [-0.1, -0.05) is 18.2 Å². The van der Waals surface area contributed by atoms with Crippen LogP contribution in [0.25, 0.3) is 11.1 Å². The molecule has 0 atom stereocenters. The Labute approximate surface area is 154 Å². The molecule has 4 aromatic rings. The molecule has 6 nitrogen and oxygen atoms in total. The van der Waals surface area contributed by atoms with Gasteiger partial charge in [-0.3, -0.25) is 9.48 Å². The lowest BCUT2D eigenvalue weighted by Gasteiger charge is -2.05. The van der Waals surface area contributed by atoms with Gasteiger partial charge in [-0.15, -0.1) is 0 Å². The number of rotatable bonds is 6. The summed E-state index contributed by atoms with van der Waals surface area (Å²) in [6.07, 6.45) is 3.79. The maximum absolute atomic E-state index is 13.8. The fourth-order valence-corrected chi connectivity index (χ4v) is 2.81. The van der Waals surface area contributed by atoms with Gasteiger partial charge in [0.05, 0.1) is 13.0 Å². The lowest BCUT2D eigenvalue weighted by Crippen LogP contribution is -2.27. The summed E-state index contributed by atoms with van der Waals surface area (Å²) in [7, 11) is 0. The molecule has 2 aromatic carbocycles. The van der Waals surface area contributed by atoms with E-state index in [0.29, 0.717) is 41.2 Å². The summed E-state index contributed by atoms with van der Waals surface area (Å²) in [6, 6.07) is 13.4. The van der Waals surface area contributed by atoms with Crippen LogP contribution in [-0.2, 0) is 13.0 Å². The molecule has 0 saturated heterocycles. The third-order valence-electron chi connectivity index (χ3n) is 4.18. The number of nitrogens with one attached hydrogen (secondary N) is 1. The van der Waals surface area contributed by atoms with E-state index in [9.17, 15) is 9.18 Å². The van der Waals surface area contributed by atoms with Crippen molar-refractivity contribution < 1.29 is 13.6 Å². The second kappa shape index (κ2) is 7.41. The number of hydrogen-bond donors (Lipinski definition) is 1. The first kappa shape index (κ1) is 17.0. The van der Waals surface area contributed by atoms with E-state index in [-0.39, 0.29) is 18.1 Å². The number of carbonyl (C=O) groups is 1. The quantitative estimate of drug-likeness (QED) is 0.570. The Bertz CT molecular complexity index is 1070. The standard InChI is InChI=1S/C20H17FN4O2/c21-16-5-2-1-4-14(16)13-19-24-17-7-6-15(12-18(17)27-19)20(26)22-9-11-25-10-3-8-23-25/h1-8,10,12H,9,11,13H2,(H,22,26). The molecule has 0 radical (unpaired) electrons.